The first kappa shape index (κ1) is 66.4. The number of anilines is 3. The average Bonchev–Trinajstić information content (AvgIpc) is 1.59. The van der Waals surface area contributed by atoms with Crippen molar-refractivity contribution in [2.24, 2.45) is 5.92 Å². The molecule has 0 spiro atoms. The Bertz CT molecular complexity index is 4010. The number of hydrogen-bond donors (Lipinski definition) is 5. The summed E-state index contributed by atoms with van der Waals surface area (Å²) < 4.78 is 70.9. The van der Waals surface area contributed by atoms with Crippen LogP contribution in [0.2, 0.25) is 5.02 Å². The van der Waals surface area contributed by atoms with E-state index in [1.54, 1.807) is 42.6 Å². The number of carbonyl (C=O) groups is 5. The van der Waals surface area contributed by atoms with Crippen LogP contribution in [-0.4, -0.2) is 181 Å². The summed E-state index contributed by atoms with van der Waals surface area (Å²) in [6.45, 7) is 7.89. The molecular weight excluding hydrogens is 1260 g/mol. The van der Waals surface area contributed by atoms with Gasteiger partial charge in [0.25, 0.3) is 33.4 Å². The van der Waals surface area contributed by atoms with E-state index in [1.165, 1.54) is 24.4 Å². The number of rotatable bonds is 31. The lowest BCUT2D eigenvalue weighted by atomic mass is 9.98. The zero-order valence-corrected chi connectivity index (χ0v) is 52.9. The second-order valence-corrected chi connectivity index (χ2v) is 24.7. The molecule has 5 aromatic carbocycles. The maximum atomic E-state index is 14.1. The van der Waals surface area contributed by atoms with E-state index >= 15 is 0 Å². The molecule has 7 aromatic rings. The zero-order chi connectivity index (χ0) is 65.6. The summed E-state index contributed by atoms with van der Waals surface area (Å²) in [6, 6.07) is 29.4. The van der Waals surface area contributed by atoms with E-state index < -0.39 is 61.1 Å². The number of benzene rings is 5. The number of piperidine rings is 1. The number of H-pyrrole nitrogens is 1. The SMILES string of the molecule is O=C1CCC(N2C(=O)c3cccc(NCCOCCOCCOCCOCCOc4cccc(-c5ccc(Cl)cc5)c4CN4CCN(c5ccc(C(=O)NS(=O)(=O)c6ccc(NCC7CCOCC7)c([N+](=O)[O-])c6)c(Oc6cnc7[nH]ccc7c6)c5)CC4)c3C2=O)C(=O)N1. The van der Waals surface area contributed by atoms with Crippen molar-refractivity contribution >= 4 is 84.9 Å². The molecule has 3 fully saturated rings. The van der Waals surface area contributed by atoms with Crippen molar-refractivity contribution in [2.75, 3.05) is 127 Å². The smallest absolute Gasteiger partial charge is 0.293 e. The van der Waals surface area contributed by atoms with Crippen LogP contribution in [0.15, 0.2) is 126 Å². The summed E-state index contributed by atoms with van der Waals surface area (Å²) in [5, 5.41) is 22.0. The second-order valence-electron chi connectivity index (χ2n) is 22.6. The van der Waals surface area contributed by atoms with Crippen LogP contribution in [0.1, 0.15) is 62.3 Å². The molecule has 11 rings (SSSR count). The molecule has 1 unspecified atom stereocenters. The third-order valence-electron chi connectivity index (χ3n) is 16.5. The number of ether oxygens (including phenoxy) is 7. The van der Waals surface area contributed by atoms with Gasteiger partial charge in [0, 0.05) is 111 Å². The molecular formula is C66H71ClN10O16S. The Hall–Kier alpha value is -9.06. The first-order chi connectivity index (χ1) is 45.7. The number of nitro groups is 1. The molecule has 4 aliphatic heterocycles. The maximum Gasteiger partial charge on any atom is 0.293 e. The topological polar surface area (TPSA) is 314 Å². The quantitative estimate of drug-likeness (QED) is 0.0120. The number of carbonyl (C=O) groups excluding carboxylic acids is 5. The summed E-state index contributed by atoms with van der Waals surface area (Å²) in [5.41, 5.74) is 4.73. The van der Waals surface area contributed by atoms with E-state index in [4.69, 9.17) is 44.8 Å². The Kier molecular flexibility index (Phi) is 22.1. The summed E-state index contributed by atoms with van der Waals surface area (Å²) in [7, 11) is -4.63. The van der Waals surface area contributed by atoms with Gasteiger partial charge < -0.3 is 53.7 Å². The van der Waals surface area contributed by atoms with Gasteiger partial charge in [-0.2, -0.15) is 0 Å². The van der Waals surface area contributed by atoms with Crippen LogP contribution in [0, 0.1) is 16.0 Å². The predicted octanol–water partition coefficient (Wildman–Crippen LogP) is 7.82. The predicted molar refractivity (Wildman–Crippen MR) is 347 cm³/mol. The van der Waals surface area contributed by atoms with E-state index in [9.17, 15) is 42.5 Å². The van der Waals surface area contributed by atoms with Gasteiger partial charge in [-0.3, -0.25) is 49.2 Å². The molecule has 5 N–H and O–H groups in total. The highest BCUT2D eigenvalue weighted by atomic mass is 35.5. The van der Waals surface area contributed by atoms with Crippen molar-refractivity contribution in [3.63, 3.8) is 0 Å². The monoisotopic (exact) mass is 1330 g/mol. The lowest BCUT2D eigenvalue weighted by Crippen LogP contribution is -2.54. The van der Waals surface area contributed by atoms with Crippen LogP contribution in [-0.2, 0) is 49.8 Å². The molecule has 3 saturated heterocycles. The molecule has 6 heterocycles. The summed E-state index contributed by atoms with van der Waals surface area (Å²) in [6.07, 6.45) is 4.93. The van der Waals surface area contributed by atoms with Gasteiger partial charge in [-0.1, -0.05) is 41.9 Å². The van der Waals surface area contributed by atoms with Crippen molar-refractivity contribution in [3.8, 4) is 28.4 Å². The molecule has 94 heavy (non-hydrogen) atoms. The molecule has 5 amide bonds. The van der Waals surface area contributed by atoms with E-state index in [-0.39, 0.29) is 53.5 Å². The molecule has 1 atom stereocenters. The van der Waals surface area contributed by atoms with Crippen molar-refractivity contribution in [1.29, 1.82) is 0 Å². The van der Waals surface area contributed by atoms with Crippen LogP contribution in [0.25, 0.3) is 22.2 Å². The number of nitrogens with zero attached hydrogens (tertiary/aromatic N) is 5. The first-order valence-corrected chi connectivity index (χ1v) is 32.8. The molecule has 26 nitrogen and oxygen atoms in total. The Labute approximate surface area is 546 Å². The van der Waals surface area contributed by atoms with Gasteiger partial charge in [0.1, 0.15) is 41.2 Å². The van der Waals surface area contributed by atoms with E-state index in [1.807, 2.05) is 42.5 Å². The summed E-state index contributed by atoms with van der Waals surface area (Å²) in [5.74, 6) is -1.96. The van der Waals surface area contributed by atoms with Gasteiger partial charge in [-0.15, -0.1) is 0 Å². The minimum atomic E-state index is -4.63. The maximum absolute atomic E-state index is 14.1. The van der Waals surface area contributed by atoms with Crippen molar-refractivity contribution in [1.82, 2.24) is 29.8 Å². The summed E-state index contributed by atoms with van der Waals surface area (Å²) >= 11 is 6.33. The van der Waals surface area contributed by atoms with Gasteiger partial charge in [-0.25, -0.2) is 18.1 Å². The zero-order valence-electron chi connectivity index (χ0n) is 51.3. The van der Waals surface area contributed by atoms with Gasteiger partial charge in [0.2, 0.25) is 11.8 Å². The molecule has 494 valence electrons. The highest BCUT2D eigenvalue weighted by molar-refractivity contribution is 7.90. The van der Waals surface area contributed by atoms with Gasteiger partial charge in [0.05, 0.1) is 85.6 Å². The van der Waals surface area contributed by atoms with Crippen molar-refractivity contribution in [3.05, 3.63) is 159 Å². The fourth-order valence-electron chi connectivity index (χ4n) is 11.5. The molecule has 0 aliphatic carbocycles. The van der Waals surface area contributed by atoms with Gasteiger partial charge >= 0.3 is 0 Å². The van der Waals surface area contributed by atoms with Crippen LogP contribution in [0.5, 0.6) is 17.2 Å². The average molecular weight is 1330 g/mol. The number of nitro benzene ring substituents is 1. The van der Waals surface area contributed by atoms with Crippen molar-refractivity contribution in [2.45, 2.75) is 43.2 Å². The Morgan fingerprint density at radius 3 is 2.19 bits per heavy atom. The highest BCUT2D eigenvalue weighted by Gasteiger charge is 2.45. The van der Waals surface area contributed by atoms with E-state index in [0.29, 0.717) is 140 Å². The minimum absolute atomic E-state index is 0.0389. The van der Waals surface area contributed by atoms with Crippen LogP contribution in [0.3, 0.4) is 0 Å². The number of pyridine rings is 1. The second kappa shape index (κ2) is 31.2. The molecule has 28 heteroatoms. The number of hydrogen-bond acceptors (Lipinski definition) is 21. The molecule has 2 aromatic heterocycles. The summed E-state index contributed by atoms with van der Waals surface area (Å²) in [4.78, 5) is 88.7. The number of aromatic amines is 1. The lowest BCUT2D eigenvalue weighted by molar-refractivity contribution is -0.384. The van der Waals surface area contributed by atoms with E-state index in [0.717, 1.165) is 51.6 Å². The van der Waals surface area contributed by atoms with E-state index in [2.05, 4.69) is 46.5 Å². The minimum Gasteiger partial charge on any atom is -0.491 e. The molecule has 0 bridgehead atoms. The molecule has 4 aliphatic rings. The van der Waals surface area contributed by atoms with Crippen LogP contribution in [0.4, 0.5) is 22.7 Å². The number of imide groups is 2. The van der Waals surface area contributed by atoms with Crippen LogP contribution >= 0.6 is 11.6 Å². The van der Waals surface area contributed by atoms with Crippen LogP contribution < -0.4 is 35.0 Å². The molecule has 0 saturated carbocycles. The number of amides is 5. The van der Waals surface area contributed by atoms with Gasteiger partial charge in [-0.05, 0) is 103 Å². The largest absolute Gasteiger partial charge is 0.491 e. The first-order valence-electron chi connectivity index (χ1n) is 31.0. The number of fused-ring (bicyclic) bond motifs is 2. The lowest BCUT2D eigenvalue weighted by Gasteiger charge is -2.37. The Balaban J connectivity index is 0.637. The number of aromatic nitrogens is 2. The normalized spacial score (nSPS) is 16.3. The number of piperazine rings is 1. The Morgan fingerprint density at radius 1 is 0.745 bits per heavy atom. The van der Waals surface area contributed by atoms with Gasteiger partial charge in [0.15, 0.2) is 0 Å². The standard InChI is InChI=1S/C66H71ClN10O16S/c67-46-9-7-44(8-10-46)50-3-2-6-58(92-36-35-91-34-33-90-32-31-89-30-29-88-28-21-68-55-5-1-4-52-61(55)66(82)76(65(52)81)56-15-16-60(78)72-64(56)80)53(50)42-74-22-24-75(25-23-74)47-11-13-51(59(38-47)93-48-37-45-17-20-69-62(45)71-41-48)63(79)73-94(85,86)49-12-14-54(57(39-49)77(83)84)70-40-43-18-26-87-27-19-43/h1-14,17,20,37-39,41,43,56,68,70H,15-16,18-19,21-36,40,42H2,(H,69,71)(H,73,79)(H,72,78,80). The fraction of sp³-hybridized carbons (Fsp3) is 0.364. The highest BCUT2D eigenvalue weighted by Crippen LogP contribution is 2.37. The Morgan fingerprint density at radius 2 is 1.46 bits per heavy atom. The number of nitrogens with one attached hydrogen (secondary N) is 5. The number of sulfonamides is 1. The number of halogens is 1. The third kappa shape index (κ3) is 16.5. The van der Waals surface area contributed by atoms with Crippen molar-refractivity contribution < 1.29 is 70.5 Å². The molecule has 0 radical (unpaired) electrons. The fourth-order valence-corrected chi connectivity index (χ4v) is 12.7. The third-order valence-corrected chi connectivity index (χ3v) is 18.1.